The van der Waals surface area contributed by atoms with E-state index in [0.29, 0.717) is 18.3 Å². The van der Waals surface area contributed by atoms with Crippen LogP contribution in [0.1, 0.15) is 19.8 Å². The van der Waals surface area contributed by atoms with Crippen LogP contribution in [-0.4, -0.2) is 23.5 Å². The van der Waals surface area contributed by atoms with Gasteiger partial charge in [-0.05, 0) is 31.9 Å². The number of anilines is 2. The second kappa shape index (κ2) is 4.94. The number of benzene rings is 1. The molecule has 2 unspecified atom stereocenters. The zero-order valence-corrected chi connectivity index (χ0v) is 12.2. The smallest absolute Gasteiger partial charge is 0.222 e. The molecule has 1 aliphatic rings. The lowest BCUT2D eigenvalue weighted by Gasteiger charge is -2.39. The Morgan fingerprint density at radius 2 is 2.25 bits per heavy atom. The van der Waals surface area contributed by atoms with E-state index in [-0.39, 0.29) is 11.8 Å². The van der Waals surface area contributed by atoms with E-state index in [1.165, 1.54) is 0 Å². The number of hydrogen-bond acceptors (Lipinski definition) is 5. The van der Waals surface area contributed by atoms with Gasteiger partial charge >= 0.3 is 0 Å². The van der Waals surface area contributed by atoms with Crippen LogP contribution in [0.15, 0.2) is 17.6 Å². The van der Waals surface area contributed by atoms with Crippen molar-refractivity contribution in [2.45, 2.75) is 25.8 Å². The third kappa shape index (κ3) is 2.10. The number of thiazole rings is 1. The summed E-state index contributed by atoms with van der Waals surface area (Å²) in [5.41, 5.74) is 16.0. The molecule has 1 amide bonds. The molecule has 6 heteroatoms. The highest BCUT2D eigenvalue weighted by Gasteiger charge is 2.30. The van der Waals surface area contributed by atoms with Gasteiger partial charge in [0.2, 0.25) is 5.91 Å². The highest BCUT2D eigenvalue weighted by atomic mass is 32.1. The van der Waals surface area contributed by atoms with E-state index < -0.39 is 0 Å². The number of carbonyl (C=O) groups is 1. The van der Waals surface area contributed by atoms with Gasteiger partial charge in [-0.1, -0.05) is 0 Å². The molecule has 2 heterocycles. The Labute approximate surface area is 121 Å². The third-order valence-corrected chi connectivity index (χ3v) is 4.91. The molecule has 0 saturated carbocycles. The fourth-order valence-corrected chi connectivity index (χ4v) is 3.56. The van der Waals surface area contributed by atoms with Crippen molar-refractivity contribution >= 4 is 38.8 Å². The fourth-order valence-electron chi connectivity index (χ4n) is 2.87. The minimum Gasteiger partial charge on any atom is -0.395 e. The first-order chi connectivity index (χ1) is 9.58. The first-order valence-electron chi connectivity index (χ1n) is 6.75. The molecule has 2 atom stereocenters. The van der Waals surface area contributed by atoms with Gasteiger partial charge in [-0.3, -0.25) is 4.79 Å². The number of rotatable bonds is 2. The molecule has 106 valence electrons. The molecule has 4 N–H and O–H groups in total. The van der Waals surface area contributed by atoms with Crippen LogP contribution >= 0.6 is 11.3 Å². The van der Waals surface area contributed by atoms with Crippen LogP contribution in [0.3, 0.4) is 0 Å². The van der Waals surface area contributed by atoms with Crippen molar-refractivity contribution in [1.82, 2.24) is 4.98 Å². The Bertz CT molecular complexity index is 654. The van der Waals surface area contributed by atoms with Crippen LogP contribution < -0.4 is 16.4 Å². The summed E-state index contributed by atoms with van der Waals surface area (Å²) in [7, 11) is 0. The average Bonchev–Trinajstić information content (AvgIpc) is 2.89. The molecule has 1 saturated heterocycles. The SMILES string of the molecule is CC1CCC(C(N)=O)CN1c1ccc2scnc2c1N. The molecule has 20 heavy (non-hydrogen) atoms. The van der Waals surface area contributed by atoms with E-state index in [9.17, 15) is 4.79 Å². The molecule has 1 fully saturated rings. The van der Waals surface area contributed by atoms with Crippen molar-refractivity contribution in [3.63, 3.8) is 0 Å². The standard InChI is InChI=1S/C14H18N4OS/c1-8-2-3-9(14(16)19)6-18(8)10-4-5-11-13(12(10)15)17-7-20-11/h4-5,7-9H,2-3,6,15H2,1H3,(H2,16,19). The molecular formula is C14H18N4OS. The summed E-state index contributed by atoms with van der Waals surface area (Å²) in [4.78, 5) is 18.0. The van der Waals surface area contributed by atoms with Crippen molar-refractivity contribution in [3.8, 4) is 0 Å². The summed E-state index contributed by atoms with van der Waals surface area (Å²) in [5, 5.41) is 0. The summed E-state index contributed by atoms with van der Waals surface area (Å²) >= 11 is 1.58. The van der Waals surface area contributed by atoms with Crippen molar-refractivity contribution in [3.05, 3.63) is 17.6 Å². The number of primary amides is 1. The number of aromatic nitrogens is 1. The monoisotopic (exact) mass is 290 g/mol. The maximum atomic E-state index is 11.4. The molecule has 0 aliphatic carbocycles. The van der Waals surface area contributed by atoms with Crippen LogP contribution in [0.5, 0.6) is 0 Å². The minimum absolute atomic E-state index is 0.100. The minimum atomic E-state index is -0.227. The summed E-state index contributed by atoms with van der Waals surface area (Å²) < 4.78 is 1.09. The Kier molecular flexibility index (Phi) is 3.25. The van der Waals surface area contributed by atoms with Gasteiger partial charge in [-0.25, -0.2) is 4.98 Å². The largest absolute Gasteiger partial charge is 0.395 e. The van der Waals surface area contributed by atoms with E-state index >= 15 is 0 Å². The van der Waals surface area contributed by atoms with Crippen LogP contribution in [0.2, 0.25) is 0 Å². The van der Waals surface area contributed by atoms with Gasteiger partial charge in [0.1, 0.15) is 5.52 Å². The summed E-state index contributed by atoms with van der Waals surface area (Å²) in [6, 6.07) is 4.42. The summed E-state index contributed by atoms with van der Waals surface area (Å²) in [6.07, 6.45) is 1.80. The van der Waals surface area contributed by atoms with Crippen molar-refractivity contribution in [2.75, 3.05) is 17.2 Å². The van der Waals surface area contributed by atoms with Gasteiger partial charge in [-0.2, -0.15) is 0 Å². The second-order valence-corrected chi connectivity index (χ2v) is 6.26. The first kappa shape index (κ1) is 13.2. The molecule has 2 aromatic rings. The third-order valence-electron chi connectivity index (χ3n) is 4.11. The Balaban J connectivity index is 1.99. The molecule has 1 aromatic heterocycles. The van der Waals surface area contributed by atoms with Gasteiger partial charge in [0, 0.05) is 12.6 Å². The number of nitrogens with two attached hydrogens (primary N) is 2. The van der Waals surface area contributed by atoms with E-state index in [0.717, 1.165) is 28.7 Å². The van der Waals surface area contributed by atoms with Gasteiger partial charge in [0.15, 0.2) is 0 Å². The Morgan fingerprint density at radius 1 is 1.45 bits per heavy atom. The van der Waals surface area contributed by atoms with Crippen molar-refractivity contribution in [2.24, 2.45) is 11.7 Å². The molecule has 1 aliphatic heterocycles. The summed E-state index contributed by atoms with van der Waals surface area (Å²) in [6.45, 7) is 2.79. The number of fused-ring (bicyclic) bond motifs is 1. The fraction of sp³-hybridized carbons (Fsp3) is 0.429. The van der Waals surface area contributed by atoms with Crippen molar-refractivity contribution < 1.29 is 4.79 Å². The highest BCUT2D eigenvalue weighted by Crippen LogP contribution is 2.36. The van der Waals surface area contributed by atoms with E-state index in [2.05, 4.69) is 16.8 Å². The maximum Gasteiger partial charge on any atom is 0.222 e. The van der Waals surface area contributed by atoms with Gasteiger partial charge < -0.3 is 16.4 Å². The number of piperidine rings is 1. The van der Waals surface area contributed by atoms with E-state index in [1.54, 1.807) is 16.8 Å². The maximum absolute atomic E-state index is 11.4. The number of nitrogens with zero attached hydrogens (tertiary/aromatic N) is 2. The number of carbonyl (C=O) groups excluding carboxylic acids is 1. The predicted molar refractivity (Wildman–Crippen MR) is 82.8 cm³/mol. The Morgan fingerprint density at radius 3 is 3.00 bits per heavy atom. The van der Waals surface area contributed by atoms with Crippen LogP contribution in [0.25, 0.3) is 10.2 Å². The van der Waals surface area contributed by atoms with Crippen molar-refractivity contribution in [1.29, 1.82) is 0 Å². The molecule has 3 rings (SSSR count). The number of nitrogen functional groups attached to an aromatic ring is 1. The number of amides is 1. The first-order valence-corrected chi connectivity index (χ1v) is 7.63. The van der Waals surface area contributed by atoms with E-state index in [1.807, 2.05) is 12.1 Å². The van der Waals surface area contributed by atoms with Crippen LogP contribution in [0, 0.1) is 5.92 Å². The molecule has 0 radical (unpaired) electrons. The van der Waals surface area contributed by atoms with Gasteiger partial charge in [0.05, 0.1) is 27.5 Å². The van der Waals surface area contributed by atoms with Gasteiger partial charge in [-0.15, -0.1) is 11.3 Å². The lowest BCUT2D eigenvalue weighted by molar-refractivity contribution is -0.122. The van der Waals surface area contributed by atoms with Gasteiger partial charge in [0.25, 0.3) is 0 Å². The molecule has 0 bridgehead atoms. The Hall–Kier alpha value is -1.82. The molecule has 5 nitrogen and oxygen atoms in total. The quantitative estimate of drug-likeness (QED) is 0.828. The van der Waals surface area contributed by atoms with Crippen LogP contribution in [0.4, 0.5) is 11.4 Å². The second-order valence-electron chi connectivity index (χ2n) is 5.38. The lowest BCUT2D eigenvalue weighted by atomic mass is 9.92. The molecular weight excluding hydrogens is 272 g/mol. The lowest BCUT2D eigenvalue weighted by Crippen LogP contribution is -2.46. The molecule has 0 spiro atoms. The zero-order chi connectivity index (χ0) is 14.3. The topological polar surface area (TPSA) is 85.2 Å². The van der Waals surface area contributed by atoms with Crippen LogP contribution in [-0.2, 0) is 4.79 Å². The highest BCUT2D eigenvalue weighted by molar-refractivity contribution is 7.16. The normalized spacial score (nSPS) is 23.1. The predicted octanol–water partition coefficient (Wildman–Crippen LogP) is 1.97. The zero-order valence-electron chi connectivity index (χ0n) is 11.4. The molecule has 1 aromatic carbocycles. The number of hydrogen-bond donors (Lipinski definition) is 2. The average molecular weight is 290 g/mol. The van der Waals surface area contributed by atoms with E-state index in [4.69, 9.17) is 11.5 Å². The summed E-state index contributed by atoms with van der Waals surface area (Å²) in [5.74, 6) is -0.327.